The molecule has 2 aromatic heterocycles. The zero-order chi connectivity index (χ0) is 37.6. The van der Waals surface area contributed by atoms with Gasteiger partial charge in [-0.3, -0.25) is 24.7 Å². The maximum absolute atomic E-state index is 14.5. The van der Waals surface area contributed by atoms with Crippen LogP contribution < -0.4 is 15.1 Å². The molecular weight excluding hydrogens is 693 g/mol. The van der Waals surface area contributed by atoms with Gasteiger partial charge >= 0.3 is 0 Å². The van der Waals surface area contributed by atoms with E-state index in [2.05, 4.69) is 58.3 Å². The molecule has 5 fully saturated rings. The molecule has 3 amide bonds. The Labute approximate surface area is 321 Å². The lowest BCUT2D eigenvalue weighted by Gasteiger charge is -2.62. The van der Waals surface area contributed by atoms with Crippen LogP contribution in [0.1, 0.15) is 55.6 Å². The molecule has 0 aliphatic carbocycles. The van der Waals surface area contributed by atoms with Crippen molar-refractivity contribution in [3.8, 4) is 17.0 Å². The number of imide groups is 1. The highest BCUT2D eigenvalue weighted by atomic mass is 16.3. The minimum absolute atomic E-state index is 0.172. The standard InChI is InChI=1S/C43H48N8O4/c52-38-6-2-1-5-36(38)37-22-34(24-45-47-37)50-20-15-43(16-21-50,32-4-3-17-44-23-32)41(55)51-28-42(29-51)26-48(27-42)25-30-13-18-49(19-14-30)33-9-7-31(8-10-33)35-11-12-39(53)46-40(35)54/h1-10,17,22-24,30,35,52H,11-16,18-21,25-29H2,(H,46,53,54)/t35-/m1/s1. The lowest BCUT2D eigenvalue weighted by molar-refractivity contribution is -0.166. The van der Waals surface area contributed by atoms with Gasteiger partial charge in [0.05, 0.1) is 28.9 Å². The van der Waals surface area contributed by atoms with E-state index in [4.69, 9.17) is 0 Å². The van der Waals surface area contributed by atoms with E-state index >= 15 is 0 Å². The highest BCUT2D eigenvalue weighted by Crippen LogP contribution is 2.46. The highest BCUT2D eigenvalue weighted by molar-refractivity contribution is 6.01. The van der Waals surface area contributed by atoms with Crippen molar-refractivity contribution in [3.05, 3.63) is 96.4 Å². The fraction of sp³-hybridized carbons (Fsp3) is 0.442. The topological polar surface area (TPSA) is 135 Å². The molecule has 7 heterocycles. The number of amides is 3. The van der Waals surface area contributed by atoms with Gasteiger partial charge in [-0.2, -0.15) is 10.2 Å². The van der Waals surface area contributed by atoms with Crippen LogP contribution in [0.3, 0.4) is 0 Å². The average Bonchev–Trinajstić information content (AvgIpc) is 3.19. The molecule has 0 radical (unpaired) electrons. The first kappa shape index (κ1) is 35.3. The van der Waals surface area contributed by atoms with Gasteiger partial charge in [-0.05, 0) is 85.5 Å². The number of carbonyl (C=O) groups excluding carboxylic acids is 3. The highest BCUT2D eigenvalue weighted by Gasteiger charge is 2.56. The summed E-state index contributed by atoms with van der Waals surface area (Å²) in [6, 6.07) is 21.5. The van der Waals surface area contributed by atoms with Crippen molar-refractivity contribution in [1.29, 1.82) is 0 Å². The van der Waals surface area contributed by atoms with Crippen LogP contribution in [0.15, 0.2) is 85.3 Å². The number of aromatic nitrogens is 3. The van der Waals surface area contributed by atoms with E-state index in [1.165, 1.54) is 5.69 Å². The number of pyridine rings is 1. The number of hydrogen-bond donors (Lipinski definition) is 2. The fourth-order valence-corrected chi connectivity index (χ4v) is 9.88. The van der Waals surface area contributed by atoms with Crippen molar-refractivity contribution < 1.29 is 19.5 Å². The number of nitrogens with one attached hydrogen (secondary N) is 1. The van der Waals surface area contributed by atoms with E-state index in [0.717, 1.165) is 75.5 Å². The molecular formula is C43H48N8O4. The molecule has 5 aliphatic heterocycles. The van der Waals surface area contributed by atoms with Gasteiger partial charge in [0.25, 0.3) is 0 Å². The van der Waals surface area contributed by atoms with Crippen molar-refractivity contribution in [2.45, 2.75) is 49.9 Å². The molecule has 1 atom stereocenters. The van der Waals surface area contributed by atoms with E-state index < -0.39 is 5.41 Å². The summed E-state index contributed by atoms with van der Waals surface area (Å²) in [7, 11) is 0. The Balaban J connectivity index is 0.768. The quantitative estimate of drug-likeness (QED) is 0.251. The molecule has 9 rings (SSSR count). The minimum Gasteiger partial charge on any atom is -0.507 e. The van der Waals surface area contributed by atoms with Crippen LogP contribution in [0, 0.1) is 11.3 Å². The van der Waals surface area contributed by atoms with Gasteiger partial charge in [0.2, 0.25) is 17.7 Å². The summed E-state index contributed by atoms with van der Waals surface area (Å²) in [5, 5.41) is 21.4. The Kier molecular flexibility index (Phi) is 9.24. The van der Waals surface area contributed by atoms with Gasteiger partial charge < -0.3 is 24.7 Å². The van der Waals surface area contributed by atoms with Crippen molar-refractivity contribution in [2.75, 3.05) is 68.7 Å². The minimum atomic E-state index is -0.615. The molecule has 12 nitrogen and oxygen atoms in total. The maximum atomic E-state index is 14.5. The summed E-state index contributed by atoms with van der Waals surface area (Å²) in [6.45, 7) is 8.31. The zero-order valence-electron chi connectivity index (χ0n) is 31.1. The van der Waals surface area contributed by atoms with Crippen molar-refractivity contribution in [1.82, 2.24) is 30.3 Å². The van der Waals surface area contributed by atoms with Crippen molar-refractivity contribution in [3.63, 3.8) is 0 Å². The molecule has 12 heteroatoms. The first-order valence-electron chi connectivity index (χ1n) is 19.7. The number of phenolic OH excluding ortho intramolecular Hbond substituents is 1. The number of piperidine rings is 3. The van der Waals surface area contributed by atoms with Crippen LogP contribution in [-0.4, -0.2) is 107 Å². The second-order valence-electron chi connectivity index (χ2n) is 16.5. The summed E-state index contributed by atoms with van der Waals surface area (Å²) < 4.78 is 0. The number of rotatable bonds is 8. The Hall–Kier alpha value is -5.36. The number of para-hydroxylation sites is 1. The third-order valence-electron chi connectivity index (χ3n) is 12.9. The number of phenols is 1. The smallest absolute Gasteiger partial charge is 0.234 e. The van der Waals surface area contributed by atoms with Crippen molar-refractivity contribution >= 4 is 29.1 Å². The lowest BCUT2D eigenvalue weighted by Crippen LogP contribution is -2.74. The second-order valence-corrected chi connectivity index (χ2v) is 16.5. The summed E-state index contributed by atoms with van der Waals surface area (Å²) in [5.74, 6) is 0.446. The second kappa shape index (κ2) is 14.4. The monoisotopic (exact) mass is 740 g/mol. The number of benzene rings is 2. The number of anilines is 2. The van der Waals surface area contributed by atoms with E-state index in [0.29, 0.717) is 55.9 Å². The van der Waals surface area contributed by atoms with Gasteiger partial charge in [0, 0.05) is 94.4 Å². The van der Waals surface area contributed by atoms with Crippen LogP contribution >= 0.6 is 0 Å². The summed E-state index contributed by atoms with van der Waals surface area (Å²) in [5.41, 5.74) is 4.96. The molecule has 0 saturated carbocycles. The maximum Gasteiger partial charge on any atom is 0.234 e. The van der Waals surface area contributed by atoms with E-state index in [-0.39, 0.29) is 34.8 Å². The Morgan fingerprint density at radius 3 is 2.29 bits per heavy atom. The lowest BCUT2D eigenvalue weighted by atomic mass is 9.67. The summed E-state index contributed by atoms with van der Waals surface area (Å²) >= 11 is 0. The number of aromatic hydroxyl groups is 1. The largest absolute Gasteiger partial charge is 0.507 e. The van der Waals surface area contributed by atoms with Crippen LogP contribution in [0.5, 0.6) is 5.75 Å². The van der Waals surface area contributed by atoms with Crippen LogP contribution in [0.25, 0.3) is 11.3 Å². The zero-order valence-corrected chi connectivity index (χ0v) is 31.1. The van der Waals surface area contributed by atoms with Gasteiger partial charge in [0.15, 0.2) is 0 Å². The first-order valence-corrected chi connectivity index (χ1v) is 19.7. The normalized spacial score (nSPS) is 22.5. The van der Waals surface area contributed by atoms with Gasteiger partial charge in [-0.15, -0.1) is 0 Å². The molecule has 5 aliphatic rings. The first-order chi connectivity index (χ1) is 26.8. The van der Waals surface area contributed by atoms with Crippen LogP contribution in [0.2, 0.25) is 0 Å². The summed E-state index contributed by atoms with van der Waals surface area (Å²) in [6.07, 6.45) is 10.0. The van der Waals surface area contributed by atoms with Gasteiger partial charge in [-0.25, -0.2) is 0 Å². The Morgan fingerprint density at radius 2 is 1.58 bits per heavy atom. The van der Waals surface area contributed by atoms with E-state index in [1.54, 1.807) is 24.5 Å². The molecule has 0 bridgehead atoms. The Bertz CT molecular complexity index is 2050. The number of carbonyl (C=O) groups is 3. The molecule has 5 saturated heterocycles. The number of likely N-dealkylation sites (tertiary alicyclic amines) is 2. The third-order valence-corrected chi connectivity index (χ3v) is 12.9. The molecule has 2 aromatic carbocycles. The SMILES string of the molecule is O=C1CC[C@H](c2ccc(N3CCC(CN4CC5(C4)CN(C(=O)C4(c6cccnc6)CCN(c6cnnc(-c7ccccc7O)c6)CC4)C5)CC3)cc2)C(=O)N1. The molecule has 2 N–H and O–H groups in total. The molecule has 4 aromatic rings. The molecule has 284 valence electrons. The van der Waals surface area contributed by atoms with Crippen molar-refractivity contribution in [2.24, 2.45) is 11.3 Å². The molecule has 55 heavy (non-hydrogen) atoms. The predicted molar refractivity (Wildman–Crippen MR) is 208 cm³/mol. The summed E-state index contributed by atoms with van der Waals surface area (Å²) in [4.78, 5) is 52.2. The number of hydrogen-bond acceptors (Lipinski definition) is 10. The van der Waals surface area contributed by atoms with Crippen LogP contribution in [0.4, 0.5) is 11.4 Å². The third kappa shape index (κ3) is 6.81. The van der Waals surface area contributed by atoms with Gasteiger partial charge in [0.1, 0.15) is 5.75 Å². The number of nitrogens with zero attached hydrogens (tertiary/aromatic N) is 7. The average molecular weight is 741 g/mol. The molecule has 0 unspecified atom stereocenters. The van der Waals surface area contributed by atoms with E-state index in [1.807, 2.05) is 42.6 Å². The predicted octanol–water partition coefficient (Wildman–Crippen LogP) is 4.36. The van der Waals surface area contributed by atoms with Gasteiger partial charge in [-0.1, -0.05) is 30.3 Å². The van der Waals surface area contributed by atoms with E-state index in [9.17, 15) is 19.5 Å². The fourth-order valence-electron chi connectivity index (χ4n) is 9.88. The Morgan fingerprint density at radius 1 is 0.836 bits per heavy atom. The molecule has 1 spiro atoms. The van der Waals surface area contributed by atoms with Crippen LogP contribution in [-0.2, 0) is 19.8 Å².